The van der Waals surface area contributed by atoms with Crippen LogP contribution in [0.25, 0.3) is 5.82 Å². The predicted molar refractivity (Wildman–Crippen MR) is 57.6 cm³/mol. The Morgan fingerprint density at radius 1 is 1.53 bits per heavy atom. The van der Waals surface area contributed by atoms with Crippen LogP contribution < -0.4 is 11.3 Å². The first kappa shape index (κ1) is 10.1. The second-order valence-electron chi connectivity index (χ2n) is 2.79. The van der Waals surface area contributed by atoms with Gasteiger partial charge in [0.2, 0.25) is 0 Å². The number of halogens is 1. The minimum atomic E-state index is -0.239. The van der Waals surface area contributed by atoms with Gasteiger partial charge in [-0.15, -0.1) is 0 Å². The molecule has 0 saturated carbocycles. The molecule has 0 saturated heterocycles. The standard InChI is InChI=1S/C8H8BrN5O/c9-6-7(12-4-13-8(6)15)14-2-1-11-5(14)3-10/h1-2,4H,3,10H2,(H,12,13,15). The molecule has 0 aliphatic heterocycles. The fourth-order valence-electron chi connectivity index (χ4n) is 1.22. The lowest BCUT2D eigenvalue weighted by atomic mass is 10.5. The van der Waals surface area contributed by atoms with Crippen LogP contribution >= 0.6 is 15.9 Å². The van der Waals surface area contributed by atoms with Gasteiger partial charge in [-0.1, -0.05) is 0 Å². The topological polar surface area (TPSA) is 89.6 Å². The molecule has 2 aromatic rings. The van der Waals surface area contributed by atoms with E-state index in [9.17, 15) is 4.79 Å². The van der Waals surface area contributed by atoms with E-state index in [1.54, 1.807) is 17.0 Å². The molecule has 0 unspecified atom stereocenters. The van der Waals surface area contributed by atoms with E-state index in [2.05, 4.69) is 30.9 Å². The molecule has 0 spiro atoms. The van der Waals surface area contributed by atoms with Crippen molar-refractivity contribution >= 4 is 15.9 Å². The van der Waals surface area contributed by atoms with Crippen molar-refractivity contribution in [3.05, 3.63) is 39.4 Å². The monoisotopic (exact) mass is 269 g/mol. The highest BCUT2D eigenvalue weighted by Gasteiger charge is 2.10. The zero-order valence-electron chi connectivity index (χ0n) is 7.64. The number of nitrogens with zero attached hydrogens (tertiary/aromatic N) is 3. The zero-order valence-corrected chi connectivity index (χ0v) is 9.23. The zero-order chi connectivity index (χ0) is 10.8. The van der Waals surface area contributed by atoms with Gasteiger partial charge >= 0.3 is 0 Å². The molecule has 0 fully saturated rings. The molecule has 0 bridgehead atoms. The Kier molecular flexibility index (Phi) is 2.65. The van der Waals surface area contributed by atoms with E-state index in [4.69, 9.17) is 5.73 Å². The number of imidazole rings is 1. The third-order valence-corrected chi connectivity index (χ3v) is 2.62. The molecule has 15 heavy (non-hydrogen) atoms. The molecule has 0 radical (unpaired) electrons. The Hall–Kier alpha value is -1.47. The fourth-order valence-corrected chi connectivity index (χ4v) is 1.63. The van der Waals surface area contributed by atoms with Gasteiger partial charge in [-0.2, -0.15) is 0 Å². The van der Waals surface area contributed by atoms with Gasteiger partial charge in [-0.25, -0.2) is 9.97 Å². The second-order valence-corrected chi connectivity index (χ2v) is 3.58. The van der Waals surface area contributed by atoms with Gasteiger partial charge in [-0.3, -0.25) is 9.36 Å². The number of nitrogens with two attached hydrogens (primary N) is 1. The fraction of sp³-hybridized carbons (Fsp3) is 0.125. The molecule has 3 N–H and O–H groups in total. The average molecular weight is 270 g/mol. The number of rotatable bonds is 2. The Labute approximate surface area is 93.3 Å². The maximum Gasteiger partial charge on any atom is 0.267 e. The summed E-state index contributed by atoms with van der Waals surface area (Å²) < 4.78 is 2.02. The van der Waals surface area contributed by atoms with Crippen LogP contribution in [0.3, 0.4) is 0 Å². The summed E-state index contributed by atoms with van der Waals surface area (Å²) in [6.45, 7) is 0.286. The summed E-state index contributed by atoms with van der Waals surface area (Å²) in [7, 11) is 0. The molecular weight excluding hydrogens is 262 g/mol. The van der Waals surface area contributed by atoms with Crippen molar-refractivity contribution in [2.75, 3.05) is 0 Å². The third kappa shape index (κ3) is 1.71. The number of aromatic nitrogens is 4. The van der Waals surface area contributed by atoms with E-state index in [0.29, 0.717) is 16.1 Å². The molecule has 7 heteroatoms. The van der Waals surface area contributed by atoms with Crippen LogP contribution in [0.1, 0.15) is 5.82 Å². The van der Waals surface area contributed by atoms with Crippen LogP contribution in [-0.4, -0.2) is 19.5 Å². The lowest BCUT2D eigenvalue weighted by Gasteiger charge is -2.05. The minimum absolute atomic E-state index is 0.239. The van der Waals surface area contributed by atoms with Crippen LogP contribution in [0.2, 0.25) is 0 Å². The van der Waals surface area contributed by atoms with Gasteiger partial charge in [-0.05, 0) is 15.9 Å². The molecule has 0 atom stereocenters. The van der Waals surface area contributed by atoms with Crippen LogP contribution in [0.4, 0.5) is 0 Å². The maximum atomic E-state index is 11.3. The van der Waals surface area contributed by atoms with Crippen LogP contribution in [0.15, 0.2) is 28.0 Å². The Balaban J connectivity index is 2.64. The van der Waals surface area contributed by atoms with E-state index < -0.39 is 0 Å². The van der Waals surface area contributed by atoms with E-state index in [0.717, 1.165) is 0 Å². The van der Waals surface area contributed by atoms with Crippen molar-refractivity contribution in [2.45, 2.75) is 6.54 Å². The molecule has 0 aliphatic carbocycles. The summed E-state index contributed by atoms with van der Waals surface area (Å²) in [5.41, 5.74) is 5.27. The van der Waals surface area contributed by atoms with Gasteiger partial charge < -0.3 is 10.7 Å². The second kappa shape index (κ2) is 3.95. The van der Waals surface area contributed by atoms with Crippen molar-refractivity contribution < 1.29 is 0 Å². The first-order valence-electron chi connectivity index (χ1n) is 4.20. The van der Waals surface area contributed by atoms with Crippen molar-refractivity contribution in [1.82, 2.24) is 19.5 Å². The smallest absolute Gasteiger partial charge is 0.267 e. The molecule has 0 aliphatic rings. The summed E-state index contributed by atoms with van der Waals surface area (Å²) in [6, 6.07) is 0. The highest BCUT2D eigenvalue weighted by atomic mass is 79.9. The molecule has 6 nitrogen and oxygen atoms in total. The largest absolute Gasteiger partial charge is 0.324 e. The average Bonchev–Trinajstić information content (AvgIpc) is 2.70. The molecule has 0 amide bonds. The van der Waals surface area contributed by atoms with Gasteiger partial charge in [0, 0.05) is 12.4 Å². The lowest BCUT2D eigenvalue weighted by Crippen LogP contribution is -2.14. The van der Waals surface area contributed by atoms with E-state index in [1.165, 1.54) is 6.33 Å². The quantitative estimate of drug-likeness (QED) is 0.814. The SMILES string of the molecule is NCc1nccn1-c1nc[nH]c(=O)c1Br. The number of hydrogen-bond acceptors (Lipinski definition) is 4. The van der Waals surface area contributed by atoms with Gasteiger partial charge in [0.15, 0.2) is 5.82 Å². The highest BCUT2D eigenvalue weighted by Crippen LogP contribution is 2.14. The lowest BCUT2D eigenvalue weighted by molar-refractivity contribution is 0.835. The first-order chi connectivity index (χ1) is 7.24. The Bertz CT molecular complexity index is 532. The Morgan fingerprint density at radius 2 is 2.33 bits per heavy atom. The summed E-state index contributed by atoms with van der Waals surface area (Å²) >= 11 is 3.17. The number of aromatic amines is 1. The predicted octanol–water partition coefficient (Wildman–Crippen LogP) is 0.177. The van der Waals surface area contributed by atoms with Crippen molar-refractivity contribution in [3.63, 3.8) is 0 Å². The van der Waals surface area contributed by atoms with Crippen LogP contribution in [0, 0.1) is 0 Å². The molecule has 0 aromatic carbocycles. The maximum absolute atomic E-state index is 11.3. The minimum Gasteiger partial charge on any atom is -0.324 e. The number of nitrogens with one attached hydrogen (secondary N) is 1. The van der Waals surface area contributed by atoms with Crippen LogP contribution in [0.5, 0.6) is 0 Å². The first-order valence-corrected chi connectivity index (χ1v) is 4.99. The van der Waals surface area contributed by atoms with Crippen molar-refractivity contribution in [2.24, 2.45) is 5.73 Å². The van der Waals surface area contributed by atoms with E-state index in [1.807, 2.05) is 0 Å². The normalized spacial score (nSPS) is 10.5. The Morgan fingerprint density at radius 3 is 3.07 bits per heavy atom. The molecule has 2 aromatic heterocycles. The van der Waals surface area contributed by atoms with E-state index >= 15 is 0 Å². The van der Waals surface area contributed by atoms with E-state index in [-0.39, 0.29) is 12.1 Å². The summed E-state index contributed by atoms with van der Waals surface area (Å²) in [5.74, 6) is 1.13. The summed E-state index contributed by atoms with van der Waals surface area (Å²) in [5, 5.41) is 0. The van der Waals surface area contributed by atoms with Crippen molar-refractivity contribution in [1.29, 1.82) is 0 Å². The van der Waals surface area contributed by atoms with Gasteiger partial charge in [0.1, 0.15) is 10.3 Å². The highest BCUT2D eigenvalue weighted by molar-refractivity contribution is 9.10. The number of hydrogen-bond donors (Lipinski definition) is 2. The van der Waals surface area contributed by atoms with Gasteiger partial charge in [0.05, 0.1) is 12.9 Å². The van der Waals surface area contributed by atoms with Crippen molar-refractivity contribution in [3.8, 4) is 5.82 Å². The molecule has 2 rings (SSSR count). The molecule has 78 valence electrons. The number of H-pyrrole nitrogens is 1. The van der Waals surface area contributed by atoms with Crippen LogP contribution in [-0.2, 0) is 6.54 Å². The summed E-state index contributed by atoms with van der Waals surface area (Å²) in [6.07, 6.45) is 4.65. The third-order valence-electron chi connectivity index (χ3n) is 1.91. The summed E-state index contributed by atoms with van der Waals surface area (Å²) in [4.78, 5) is 21.9. The molecule has 2 heterocycles. The molecular formula is C8H8BrN5O. The van der Waals surface area contributed by atoms with Gasteiger partial charge in [0.25, 0.3) is 5.56 Å².